The van der Waals surface area contributed by atoms with Crippen LogP contribution in [0.1, 0.15) is 136 Å². The highest BCUT2D eigenvalue weighted by Crippen LogP contribution is 2.13. The quantitative estimate of drug-likeness (QED) is 0.0878. The number of ether oxygens (including phenoxy) is 10. The van der Waals surface area contributed by atoms with E-state index in [0.29, 0.717) is 67.2 Å². The first kappa shape index (κ1) is 65.0. The number of Topliss-reactive ketones (excluding diaryl/α,β-unsaturated/α-hetero) is 1. The maximum absolute atomic E-state index is 10.1. The summed E-state index contributed by atoms with van der Waals surface area (Å²) in [7, 11) is 3.42. The Bertz CT molecular complexity index is 906. The summed E-state index contributed by atoms with van der Waals surface area (Å²) < 4.78 is 51.8. The second kappa shape index (κ2) is 46.8. The molecule has 0 aromatic heterocycles. The molecule has 10 atom stereocenters. The number of hydrogen-bond donors (Lipinski definition) is 0. The number of rotatable bonds is 15. The van der Waals surface area contributed by atoms with Crippen molar-refractivity contribution in [2.45, 2.75) is 179 Å². The van der Waals surface area contributed by atoms with Crippen molar-refractivity contribution in [2.24, 2.45) is 17.8 Å². The lowest BCUT2D eigenvalue weighted by atomic mass is 10.0. The number of aldehydes is 2. The van der Waals surface area contributed by atoms with Crippen LogP contribution in [-0.4, -0.2) is 142 Å². The molecular formula is C47H94O13. The molecule has 0 bridgehead atoms. The zero-order chi connectivity index (χ0) is 46.7. The van der Waals surface area contributed by atoms with E-state index in [1.807, 2.05) is 41.5 Å². The predicted molar refractivity (Wildman–Crippen MR) is 242 cm³/mol. The van der Waals surface area contributed by atoms with Crippen molar-refractivity contribution in [3.05, 3.63) is 11.6 Å². The SMILES string of the molecule is CC(C)=CCCC(C)CC=O.CC(C)=O.CC1CO1.CC1COCC(C)O1.CC1COCC(C)O1.CCC1OCC(C)O1.CCC=O.COCC(C)COCC(C)COC. The summed E-state index contributed by atoms with van der Waals surface area (Å²) in [5, 5.41) is 0. The lowest BCUT2D eigenvalue weighted by molar-refractivity contribution is -0.123. The van der Waals surface area contributed by atoms with E-state index in [-0.39, 0.29) is 12.1 Å². The van der Waals surface area contributed by atoms with Gasteiger partial charge >= 0.3 is 0 Å². The Kier molecular flexibility index (Phi) is 50.7. The van der Waals surface area contributed by atoms with Crippen LogP contribution < -0.4 is 0 Å². The first-order valence-electron chi connectivity index (χ1n) is 22.2. The van der Waals surface area contributed by atoms with Gasteiger partial charge in [0.15, 0.2) is 6.29 Å². The normalized spacial score (nSPS) is 24.9. The van der Waals surface area contributed by atoms with Crippen molar-refractivity contribution in [3.63, 3.8) is 0 Å². The average molecular weight is 867 g/mol. The maximum Gasteiger partial charge on any atom is 0.157 e. The fourth-order valence-electron chi connectivity index (χ4n) is 4.72. The molecule has 13 nitrogen and oxygen atoms in total. The molecule has 0 radical (unpaired) electrons. The molecule has 4 rings (SSSR count). The van der Waals surface area contributed by atoms with E-state index in [4.69, 9.17) is 47.4 Å². The number of carbonyl (C=O) groups excluding carboxylic acids is 3. The minimum atomic E-state index is 0.0741. The average Bonchev–Trinajstić information content (AvgIpc) is 3.84. The molecule has 4 heterocycles. The van der Waals surface area contributed by atoms with Gasteiger partial charge in [0.25, 0.3) is 0 Å². The Morgan fingerprint density at radius 1 is 0.600 bits per heavy atom. The topological polar surface area (TPSA) is 147 Å². The van der Waals surface area contributed by atoms with Crippen LogP contribution in [-0.2, 0) is 61.8 Å². The lowest BCUT2D eigenvalue weighted by Crippen LogP contribution is -2.32. The summed E-state index contributed by atoms with van der Waals surface area (Å²) in [6.45, 7) is 37.5. The molecule has 10 unspecified atom stereocenters. The van der Waals surface area contributed by atoms with Gasteiger partial charge in [-0.05, 0) is 94.4 Å². The third-order valence-corrected chi connectivity index (χ3v) is 7.66. The number of ketones is 1. The number of epoxide rings is 1. The van der Waals surface area contributed by atoms with Crippen LogP contribution in [0.4, 0.5) is 0 Å². The molecule has 4 fully saturated rings. The molecule has 0 N–H and O–H groups in total. The molecule has 4 saturated heterocycles. The van der Waals surface area contributed by atoms with Gasteiger partial charge in [-0.3, -0.25) is 0 Å². The largest absolute Gasteiger partial charge is 0.384 e. The Morgan fingerprint density at radius 2 is 0.983 bits per heavy atom. The second-order valence-electron chi connectivity index (χ2n) is 16.4. The molecule has 0 aliphatic carbocycles. The Morgan fingerprint density at radius 3 is 1.20 bits per heavy atom. The standard InChI is InChI=1S/C10H22O3.C10H18O.3C6H12O2.3C3H6O/c1-9(5-11-3)7-13-8-10(2)6-12-4;1-9(2)5-4-6-10(3)7-8-11;2*1-5-3-7-4-6(2)8-5;1-3-6-7-4-5(2)8-6;1-3-2-4-3;1-3(2)4;1-2-3-4/h9-10H,5-8H2,1-4H3;5,8,10H,4,6-7H2,1-3H3;3*5-6H,3-4H2,1-2H3;3H,2H2,1H3;1-2H3;3H,2H2,1H3. The van der Waals surface area contributed by atoms with E-state index in [0.717, 1.165) is 97.9 Å². The van der Waals surface area contributed by atoms with Crippen molar-refractivity contribution >= 4 is 18.4 Å². The molecule has 60 heavy (non-hydrogen) atoms. The lowest BCUT2D eigenvalue weighted by Gasteiger charge is -2.24. The Balaban J connectivity index is -0.000000308. The van der Waals surface area contributed by atoms with Crippen molar-refractivity contribution in [1.82, 2.24) is 0 Å². The van der Waals surface area contributed by atoms with Gasteiger partial charge in [0.2, 0.25) is 0 Å². The van der Waals surface area contributed by atoms with E-state index >= 15 is 0 Å². The highest BCUT2D eigenvalue weighted by Gasteiger charge is 2.19. The summed E-state index contributed by atoms with van der Waals surface area (Å²) in [5.74, 6) is 1.66. The third-order valence-electron chi connectivity index (χ3n) is 7.66. The van der Waals surface area contributed by atoms with Gasteiger partial charge in [-0.2, -0.15) is 0 Å². The Labute approximate surface area is 367 Å². The van der Waals surface area contributed by atoms with Crippen LogP contribution in [0.2, 0.25) is 0 Å². The second-order valence-corrected chi connectivity index (χ2v) is 16.4. The summed E-state index contributed by atoms with van der Waals surface area (Å²) in [6.07, 6.45) is 10.8. The van der Waals surface area contributed by atoms with E-state index in [1.165, 1.54) is 19.4 Å². The van der Waals surface area contributed by atoms with Crippen molar-refractivity contribution in [1.29, 1.82) is 0 Å². The van der Waals surface area contributed by atoms with Gasteiger partial charge in [0, 0.05) is 38.9 Å². The van der Waals surface area contributed by atoms with E-state index < -0.39 is 0 Å². The summed E-state index contributed by atoms with van der Waals surface area (Å²) >= 11 is 0. The van der Waals surface area contributed by atoms with Crippen LogP contribution in [0.3, 0.4) is 0 Å². The molecule has 4 aliphatic heterocycles. The van der Waals surface area contributed by atoms with Gasteiger partial charge in [-0.25, -0.2) is 0 Å². The molecule has 13 heteroatoms. The highest BCUT2D eigenvalue weighted by molar-refractivity contribution is 5.72. The van der Waals surface area contributed by atoms with Crippen LogP contribution in [0, 0.1) is 17.8 Å². The fourth-order valence-corrected chi connectivity index (χ4v) is 4.72. The Hall–Kier alpha value is -1.65. The van der Waals surface area contributed by atoms with E-state index in [2.05, 4.69) is 54.5 Å². The van der Waals surface area contributed by atoms with Crippen LogP contribution in [0.5, 0.6) is 0 Å². The van der Waals surface area contributed by atoms with Crippen molar-refractivity contribution < 1.29 is 61.8 Å². The van der Waals surface area contributed by atoms with Gasteiger partial charge in [-0.1, -0.05) is 46.3 Å². The molecular weight excluding hydrogens is 773 g/mol. The molecule has 0 saturated carbocycles. The van der Waals surface area contributed by atoms with Crippen LogP contribution in [0.25, 0.3) is 0 Å². The molecule has 0 amide bonds. The predicted octanol–water partition coefficient (Wildman–Crippen LogP) is 8.90. The van der Waals surface area contributed by atoms with Gasteiger partial charge < -0.3 is 61.8 Å². The van der Waals surface area contributed by atoms with Gasteiger partial charge in [0.1, 0.15) is 18.4 Å². The van der Waals surface area contributed by atoms with E-state index in [1.54, 1.807) is 14.2 Å². The fraction of sp³-hybridized carbons (Fsp3) is 0.894. The van der Waals surface area contributed by atoms with Gasteiger partial charge in [-0.15, -0.1) is 0 Å². The molecule has 0 aromatic rings. The summed E-state index contributed by atoms with van der Waals surface area (Å²) in [4.78, 5) is 28.7. The maximum atomic E-state index is 10.1. The first-order chi connectivity index (χ1) is 28.3. The number of hydrogen-bond acceptors (Lipinski definition) is 13. The highest BCUT2D eigenvalue weighted by atomic mass is 16.7. The summed E-state index contributed by atoms with van der Waals surface area (Å²) in [6, 6.07) is 0. The van der Waals surface area contributed by atoms with Crippen LogP contribution in [0.15, 0.2) is 11.6 Å². The monoisotopic (exact) mass is 867 g/mol. The number of methoxy groups -OCH3 is 2. The third kappa shape index (κ3) is 58.4. The number of carbonyl (C=O) groups is 3. The van der Waals surface area contributed by atoms with Crippen molar-refractivity contribution in [3.8, 4) is 0 Å². The zero-order valence-electron chi connectivity index (χ0n) is 41.4. The van der Waals surface area contributed by atoms with Crippen LogP contribution >= 0.6 is 0 Å². The van der Waals surface area contributed by atoms with Gasteiger partial charge in [0.05, 0.1) is 103 Å². The molecule has 0 spiro atoms. The smallest absolute Gasteiger partial charge is 0.157 e. The summed E-state index contributed by atoms with van der Waals surface area (Å²) in [5.41, 5.74) is 1.36. The van der Waals surface area contributed by atoms with Crippen molar-refractivity contribution in [2.75, 3.05) is 80.3 Å². The molecule has 4 aliphatic rings. The molecule has 360 valence electrons. The number of allylic oxidation sites excluding steroid dienone is 2. The minimum absolute atomic E-state index is 0.0741. The minimum Gasteiger partial charge on any atom is -0.384 e. The first-order valence-corrected chi connectivity index (χ1v) is 22.2. The van der Waals surface area contributed by atoms with E-state index in [9.17, 15) is 14.4 Å². The zero-order valence-corrected chi connectivity index (χ0v) is 41.4. The molecule has 0 aromatic carbocycles.